The van der Waals surface area contributed by atoms with Crippen molar-refractivity contribution in [1.82, 2.24) is 0 Å². The van der Waals surface area contributed by atoms with E-state index >= 15 is 0 Å². The zero-order valence-electron chi connectivity index (χ0n) is 19.1. The van der Waals surface area contributed by atoms with Crippen LogP contribution in [-0.2, 0) is 14.4 Å². The van der Waals surface area contributed by atoms with Crippen LogP contribution in [0.25, 0.3) is 6.08 Å². The second-order valence-corrected chi connectivity index (χ2v) is 7.92. The summed E-state index contributed by atoms with van der Waals surface area (Å²) in [7, 11) is 0. The van der Waals surface area contributed by atoms with E-state index in [9.17, 15) is 19.5 Å². The highest BCUT2D eigenvalue weighted by Crippen LogP contribution is 2.32. The molecule has 6 nitrogen and oxygen atoms in total. The minimum absolute atomic E-state index is 0.168. The van der Waals surface area contributed by atoms with Crippen LogP contribution in [0.2, 0.25) is 0 Å². The molecule has 6 heteroatoms. The van der Waals surface area contributed by atoms with Crippen LogP contribution in [0.3, 0.4) is 0 Å². The zero-order chi connectivity index (χ0) is 23.6. The number of carbonyl (C=O) groups excluding carboxylic acids is 2. The number of hydrogen-bond acceptors (Lipinski definition) is 4. The standard InChI is InChI=1S/C26H28N2O4/c1-6-27(7-2)20-10-8-19(9-11-20)15-22-18(5)23(26(31)32)25(30)28(24(22)29)21-13-16(3)12-17(4)14-21/h8-15H,6-7H2,1-5H3,(H,31,32)/b22-15-. The van der Waals surface area contributed by atoms with Gasteiger partial charge in [-0.25, -0.2) is 9.69 Å². The lowest BCUT2D eigenvalue weighted by molar-refractivity contribution is -0.135. The number of imide groups is 1. The molecule has 0 fully saturated rings. The number of benzene rings is 2. The molecule has 2 aromatic carbocycles. The first kappa shape index (κ1) is 23.0. The molecule has 1 heterocycles. The fourth-order valence-electron chi connectivity index (χ4n) is 4.05. The SMILES string of the molecule is CCN(CC)c1ccc(/C=C2\C(=O)N(c3cc(C)cc(C)c3)C(=O)C(C(=O)O)=C2C)cc1. The van der Waals surface area contributed by atoms with Gasteiger partial charge in [0.05, 0.1) is 5.69 Å². The second kappa shape index (κ2) is 9.22. The van der Waals surface area contributed by atoms with E-state index in [0.717, 1.165) is 40.4 Å². The number of amides is 2. The van der Waals surface area contributed by atoms with Gasteiger partial charge in [0.1, 0.15) is 5.57 Å². The fourth-order valence-corrected chi connectivity index (χ4v) is 4.05. The summed E-state index contributed by atoms with van der Waals surface area (Å²) in [6.45, 7) is 11.2. The van der Waals surface area contributed by atoms with Gasteiger partial charge in [-0.1, -0.05) is 18.2 Å². The molecule has 1 aliphatic heterocycles. The maximum atomic E-state index is 13.4. The van der Waals surface area contributed by atoms with Gasteiger partial charge in [0.25, 0.3) is 11.8 Å². The molecule has 32 heavy (non-hydrogen) atoms. The molecule has 3 rings (SSSR count). The summed E-state index contributed by atoms with van der Waals surface area (Å²) in [4.78, 5) is 41.5. The Labute approximate surface area is 188 Å². The maximum Gasteiger partial charge on any atom is 0.341 e. The van der Waals surface area contributed by atoms with Gasteiger partial charge in [-0.05, 0) is 87.2 Å². The largest absolute Gasteiger partial charge is 0.477 e. The van der Waals surface area contributed by atoms with E-state index in [1.807, 2.05) is 44.2 Å². The van der Waals surface area contributed by atoms with E-state index in [1.165, 1.54) is 6.92 Å². The number of hydrogen-bond donors (Lipinski definition) is 1. The van der Waals surface area contributed by atoms with Crippen molar-refractivity contribution in [2.24, 2.45) is 0 Å². The lowest BCUT2D eigenvalue weighted by Crippen LogP contribution is -2.44. The molecular weight excluding hydrogens is 404 g/mol. The molecule has 1 aliphatic rings. The van der Waals surface area contributed by atoms with E-state index in [1.54, 1.807) is 18.2 Å². The molecule has 166 valence electrons. The van der Waals surface area contributed by atoms with Crippen molar-refractivity contribution in [2.75, 3.05) is 22.9 Å². The highest BCUT2D eigenvalue weighted by molar-refractivity contribution is 6.37. The number of carbonyl (C=O) groups is 3. The summed E-state index contributed by atoms with van der Waals surface area (Å²) in [5.41, 5.74) is 3.90. The molecule has 0 spiro atoms. The van der Waals surface area contributed by atoms with Gasteiger partial charge in [-0.15, -0.1) is 0 Å². The van der Waals surface area contributed by atoms with Crippen LogP contribution in [0.4, 0.5) is 11.4 Å². The lowest BCUT2D eigenvalue weighted by atomic mass is 9.92. The molecule has 0 atom stereocenters. The zero-order valence-corrected chi connectivity index (χ0v) is 19.1. The Kier molecular flexibility index (Phi) is 6.63. The number of aliphatic carboxylic acids is 1. The monoisotopic (exact) mass is 432 g/mol. The second-order valence-electron chi connectivity index (χ2n) is 7.92. The molecule has 0 aliphatic carbocycles. The van der Waals surface area contributed by atoms with Crippen LogP contribution in [0, 0.1) is 13.8 Å². The maximum absolute atomic E-state index is 13.4. The Hall–Kier alpha value is -3.67. The molecular formula is C26H28N2O4. The molecule has 2 aromatic rings. The van der Waals surface area contributed by atoms with E-state index < -0.39 is 23.4 Å². The summed E-state index contributed by atoms with van der Waals surface area (Å²) in [6.07, 6.45) is 1.65. The van der Waals surface area contributed by atoms with Gasteiger partial charge >= 0.3 is 5.97 Å². The fraction of sp³-hybridized carbons (Fsp3) is 0.269. The quantitative estimate of drug-likeness (QED) is 0.413. The highest BCUT2D eigenvalue weighted by Gasteiger charge is 2.39. The van der Waals surface area contributed by atoms with Crippen molar-refractivity contribution in [2.45, 2.75) is 34.6 Å². The summed E-state index contributed by atoms with van der Waals surface area (Å²) in [5, 5.41) is 9.73. The molecule has 0 saturated heterocycles. The van der Waals surface area contributed by atoms with Crippen molar-refractivity contribution >= 4 is 35.2 Å². The lowest BCUT2D eigenvalue weighted by Gasteiger charge is -2.29. The topological polar surface area (TPSA) is 77.9 Å². The van der Waals surface area contributed by atoms with Gasteiger partial charge in [0.15, 0.2) is 0 Å². The smallest absolute Gasteiger partial charge is 0.341 e. The molecule has 2 amide bonds. The average Bonchev–Trinajstić information content (AvgIpc) is 2.72. The normalized spacial score (nSPS) is 15.5. The van der Waals surface area contributed by atoms with Gasteiger partial charge < -0.3 is 10.0 Å². The van der Waals surface area contributed by atoms with Crippen molar-refractivity contribution in [3.63, 3.8) is 0 Å². The van der Waals surface area contributed by atoms with E-state index in [-0.39, 0.29) is 11.1 Å². The van der Waals surface area contributed by atoms with Crippen LogP contribution in [-0.4, -0.2) is 36.0 Å². The number of rotatable bonds is 6. The number of carboxylic acids is 1. The summed E-state index contributed by atoms with van der Waals surface area (Å²) in [6, 6.07) is 13.1. The number of nitrogens with zero attached hydrogens (tertiary/aromatic N) is 2. The summed E-state index contributed by atoms with van der Waals surface area (Å²) < 4.78 is 0. The van der Waals surface area contributed by atoms with E-state index in [4.69, 9.17) is 0 Å². The van der Waals surface area contributed by atoms with E-state index in [2.05, 4.69) is 18.7 Å². The first-order valence-corrected chi connectivity index (χ1v) is 10.7. The average molecular weight is 433 g/mol. The summed E-state index contributed by atoms with van der Waals surface area (Å²) >= 11 is 0. The Morgan fingerprint density at radius 3 is 2.00 bits per heavy atom. The Bertz CT molecular complexity index is 1120. The van der Waals surface area contributed by atoms with E-state index in [0.29, 0.717) is 5.69 Å². The minimum Gasteiger partial charge on any atom is -0.477 e. The Balaban J connectivity index is 2.12. The highest BCUT2D eigenvalue weighted by atomic mass is 16.4. The molecule has 0 unspecified atom stereocenters. The number of anilines is 2. The van der Waals surface area contributed by atoms with Crippen LogP contribution >= 0.6 is 0 Å². The van der Waals surface area contributed by atoms with Gasteiger partial charge in [0.2, 0.25) is 0 Å². The minimum atomic E-state index is -1.35. The van der Waals surface area contributed by atoms with Crippen molar-refractivity contribution in [3.05, 3.63) is 75.9 Å². The van der Waals surface area contributed by atoms with Crippen LogP contribution < -0.4 is 9.80 Å². The van der Waals surface area contributed by atoms with Crippen molar-refractivity contribution < 1.29 is 19.5 Å². The Morgan fingerprint density at radius 2 is 1.50 bits per heavy atom. The van der Waals surface area contributed by atoms with Gasteiger partial charge in [-0.3, -0.25) is 9.59 Å². The summed E-state index contributed by atoms with van der Waals surface area (Å²) in [5.74, 6) is -2.70. The van der Waals surface area contributed by atoms with Crippen molar-refractivity contribution in [1.29, 1.82) is 0 Å². The Morgan fingerprint density at radius 1 is 0.938 bits per heavy atom. The predicted octanol–water partition coefficient (Wildman–Crippen LogP) is 4.51. The number of aryl methyl sites for hydroxylation is 2. The van der Waals surface area contributed by atoms with Gasteiger partial charge in [0, 0.05) is 24.4 Å². The molecule has 0 bridgehead atoms. The molecule has 1 N–H and O–H groups in total. The molecule has 0 saturated carbocycles. The molecule has 0 radical (unpaired) electrons. The van der Waals surface area contributed by atoms with Gasteiger partial charge in [-0.2, -0.15) is 0 Å². The van der Waals surface area contributed by atoms with Crippen LogP contribution in [0.1, 0.15) is 37.5 Å². The molecule has 0 aromatic heterocycles. The van der Waals surface area contributed by atoms with Crippen LogP contribution in [0.15, 0.2) is 59.2 Å². The first-order chi connectivity index (χ1) is 15.2. The number of carboxylic acid groups (broad SMARTS) is 1. The third-order valence-corrected chi connectivity index (χ3v) is 5.64. The third kappa shape index (κ3) is 4.35. The van der Waals surface area contributed by atoms with Crippen LogP contribution in [0.5, 0.6) is 0 Å². The predicted molar refractivity (Wildman–Crippen MR) is 127 cm³/mol. The third-order valence-electron chi connectivity index (χ3n) is 5.64. The van der Waals surface area contributed by atoms with Crippen molar-refractivity contribution in [3.8, 4) is 0 Å². The first-order valence-electron chi connectivity index (χ1n) is 10.7.